The van der Waals surface area contributed by atoms with E-state index in [1.807, 2.05) is 24.3 Å². The molecule has 1 saturated heterocycles. The number of rotatable bonds is 3. The summed E-state index contributed by atoms with van der Waals surface area (Å²) >= 11 is 0. The van der Waals surface area contributed by atoms with Gasteiger partial charge in [-0.05, 0) is 13.0 Å². The molecule has 26 heavy (non-hydrogen) atoms. The molecule has 0 bridgehead atoms. The first-order chi connectivity index (χ1) is 12.6. The van der Waals surface area contributed by atoms with Gasteiger partial charge in [-0.25, -0.2) is 0 Å². The van der Waals surface area contributed by atoms with Gasteiger partial charge in [0.15, 0.2) is 11.5 Å². The van der Waals surface area contributed by atoms with E-state index in [4.69, 9.17) is 4.52 Å². The number of hydrogen-bond donors (Lipinski definition) is 2. The second-order valence-electron chi connectivity index (χ2n) is 6.33. The van der Waals surface area contributed by atoms with Gasteiger partial charge < -0.3 is 14.7 Å². The van der Waals surface area contributed by atoms with Gasteiger partial charge in [0.1, 0.15) is 0 Å². The lowest BCUT2D eigenvalue weighted by atomic mass is 9.95. The highest BCUT2D eigenvalue weighted by Crippen LogP contribution is 2.33. The summed E-state index contributed by atoms with van der Waals surface area (Å²) < 4.78 is 5.26. The van der Waals surface area contributed by atoms with Crippen LogP contribution in [-0.4, -0.2) is 57.2 Å². The summed E-state index contributed by atoms with van der Waals surface area (Å²) in [7, 11) is 1.57. The first-order valence-corrected chi connectivity index (χ1v) is 8.32. The maximum Gasteiger partial charge on any atom is 0.275 e. The van der Waals surface area contributed by atoms with Crippen LogP contribution < -0.4 is 5.32 Å². The van der Waals surface area contributed by atoms with E-state index >= 15 is 0 Å². The molecule has 4 rings (SSSR count). The number of carbonyl (C=O) groups is 2. The average molecular weight is 354 g/mol. The predicted octanol–water partition coefficient (Wildman–Crippen LogP) is 0.856. The van der Waals surface area contributed by atoms with Crippen LogP contribution in [0, 0.1) is 12.8 Å². The lowest BCUT2D eigenvalue weighted by Gasteiger charge is -2.14. The number of aromatic nitrogens is 4. The van der Waals surface area contributed by atoms with E-state index in [1.165, 1.54) is 0 Å². The molecular weight excluding hydrogens is 336 g/mol. The van der Waals surface area contributed by atoms with Gasteiger partial charge in [-0.2, -0.15) is 10.1 Å². The van der Waals surface area contributed by atoms with Gasteiger partial charge >= 0.3 is 0 Å². The molecule has 3 heterocycles. The maximum atomic E-state index is 13.0. The lowest BCUT2D eigenvalue weighted by Crippen LogP contribution is -2.33. The Balaban J connectivity index is 1.65. The first-order valence-electron chi connectivity index (χ1n) is 8.32. The number of benzene rings is 1. The van der Waals surface area contributed by atoms with Crippen LogP contribution in [0.5, 0.6) is 0 Å². The predicted molar refractivity (Wildman–Crippen MR) is 91.3 cm³/mol. The Morgan fingerprint density at radius 2 is 2.12 bits per heavy atom. The lowest BCUT2D eigenvalue weighted by molar-refractivity contribution is -0.124. The standard InChI is InChI=1S/C17H18N6O3/c1-9-19-16(26-22-9)12-8-23(7-11(12)15(24)18-2)17(25)14-10-5-3-4-6-13(10)20-21-14/h3-6,11-12H,7-8H2,1-2H3,(H,18,24)(H,20,21). The second kappa shape index (κ2) is 6.25. The number of nitrogens with zero attached hydrogens (tertiary/aromatic N) is 4. The van der Waals surface area contributed by atoms with E-state index in [0.717, 1.165) is 10.9 Å². The smallest absolute Gasteiger partial charge is 0.275 e. The third kappa shape index (κ3) is 2.61. The maximum absolute atomic E-state index is 13.0. The quantitative estimate of drug-likeness (QED) is 0.720. The molecule has 2 N–H and O–H groups in total. The Kier molecular flexibility index (Phi) is 3.90. The molecule has 1 aliphatic rings. The Labute approximate surface area is 148 Å². The van der Waals surface area contributed by atoms with Gasteiger partial charge in [-0.15, -0.1) is 0 Å². The highest BCUT2D eigenvalue weighted by molar-refractivity contribution is 6.05. The number of likely N-dealkylation sites (tertiary alicyclic amines) is 1. The zero-order valence-electron chi connectivity index (χ0n) is 14.4. The molecular formula is C17H18N6O3. The normalized spacial score (nSPS) is 19.8. The fourth-order valence-corrected chi connectivity index (χ4v) is 3.41. The molecule has 0 spiro atoms. The number of aromatic amines is 1. The Morgan fingerprint density at radius 3 is 2.85 bits per heavy atom. The number of fused-ring (bicyclic) bond motifs is 1. The van der Waals surface area contributed by atoms with Crippen LogP contribution in [0.15, 0.2) is 28.8 Å². The van der Waals surface area contributed by atoms with Crippen molar-refractivity contribution in [2.24, 2.45) is 5.92 Å². The summed E-state index contributed by atoms with van der Waals surface area (Å²) in [5, 5.41) is 14.2. The average Bonchev–Trinajstić information content (AvgIpc) is 3.37. The van der Waals surface area contributed by atoms with Crippen LogP contribution in [0.3, 0.4) is 0 Å². The molecule has 3 aromatic rings. The van der Waals surface area contributed by atoms with Gasteiger partial charge in [-0.3, -0.25) is 14.7 Å². The first kappa shape index (κ1) is 16.2. The van der Waals surface area contributed by atoms with Crippen molar-refractivity contribution >= 4 is 22.7 Å². The van der Waals surface area contributed by atoms with E-state index < -0.39 is 5.92 Å². The van der Waals surface area contributed by atoms with Crippen molar-refractivity contribution < 1.29 is 14.1 Å². The summed E-state index contributed by atoms with van der Waals surface area (Å²) in [4.78, 5) is 31.2. The molecule has 2 amide bonds. The second-order valence-corrected chi connectivity index (χ2v) is 6.33. The van der Waals surface area contributed by atoms with Crippen LogP contribution in [0.4, 0.5) is 0 Å². The number of hydrogen-bond acceptors (Lipinski definition) is 6. The summed E-state index contributed by atoms with van der Waals surface area (Å²) in [5.41, 5.74) is 1.14. The Morgan fingerprint density at radius 1 is 1.31 bits per heavy atom. The summed E-state index contributed by atoms with van der Waals surface area (Å²) in [6.07, 6.45) is 0. The number of carbonyl (C=O) groups excluding carboxylic acids is 2. The largest absolute Gasteiger partial charge is 0.359 e. The van der Waals surface area contributed by atoms with Gasteiger partial charge in [0.25, 0.3) is 5.91 Å². The summed E-state index contributed by atoms with van der Waals surface area (Å²) in [6, 6.07) is 7.44. The molecule has 1 aliphatic heterocycles. The molecule has 0 saturated carbocycles. The van der Waals surface area contributed by atoms with Crippen LogP contribution in [0.1, 0.15) is 28.1 Å². The zero-order chi connectivity index (χ0) is 18.3. The molecule has 2 unspecified atom stereocenters. The minimum Gasteiger partial charge on any atom is -0.359 e. The number of para-hydroxylation sites is 1. The Bertz CT molecular complexity index is 978. The summed E-state index contributed by atoms with van der Waals surface area (Å²) in [6.45, 7) is 2.31. The van der Waals surface area contributed by atoms with Crippen molar-refractivity contribution in [2.45, 2.75) is 12.8 Å². The van der Waals surface area contributed by atoms with Gasteiger partial charge in [0.2, 0.25) is 11.8 Å². The Hall–Kier alpha value is -3.23. The number of nitrogens with one attached hydrogen (secondary N) is 2. The van der Waals surface area contributed by atoms with Crippen molar-refractivity contribution in [3.8, 4) is 0 Å². The van der Waals surface area contributed by atoms with Crippen molar-refractivity contribution in [3.63, 3.8) is 0 Å². The van der Waals surface area contributed by atoms with Crippen molar-refractivity contribution in [3.05, 3.63) is 41.7 Å². The van der Waals surface area contributed by atoms with Gasteiger partial charge in [-0.1, -0.05) is 23.4 Å². The fourth-order valence-electron chi connectivity index (χ4n) is 3.41. The SMILES string of the molecule is CNC(=O)C1CN(C(=O)c2n[nH]c3ccccc23)CC1c1nc(C)no1. The van der Waals surface area contributed by atoms with Crippen molar-refractivity contribution in [1.29, 1.82) is 0 Å². The fraction of sp³-hybridized carbons (Fsp3) is 0.353. The third-order valence-corrected chi connectivity index (χ3v) is 4.72. The molecule has 0 aliphatic carbocycles. The van der Waals surface area contributed by atoms with E-state index in [1.54, 1.807) is 18.9 Å². The highest BCUT2D eigenvalue weighted by Gasteiger charge is 2.43. The van der Waals surface area contributed by atoms with E-state index in [9.17, 15) is 9.59 Å². The molecule has 0 radical (unpaired) electrons. The van der Waals surface area contributed by atoms with Crippen LogP contribution in [0.25, 0.3) is 10.9 Å². The minimum absolute atomic E-state index is 0.159. The monoisotopic (exact) mass is 354 g/mol. The van der Waals surface area contributed by atoms with E-state index in [2.05, 4.69) is 25.7 Å². The topological polar surface area (TPSA) is 117 Å². The number of H-pyrrole nitrogens is 1. The summed E-state index contributed by atoms with van der Waals surface area (Å²) in [5.74, 6) is -0.306. The minimum atomic E-state index is -0.450. The molecule has 1 aromatic carbocycles. The molecule has 2 aromatic heterocycles. The molecule has 9 heteroatoms. The van der Waals surface area contributed by atoms with E-state index in [0.29, 0.717) is 24.0 Å². The number of aryl methyl sites for hydroxylation is 1. The zero-order valence-corrected chi connectivity index (χ0v) is 14.4. The van der Waals surface area contributed by atoms with E-state index in [-0.39, 0.29) is 24.3 Å². The molecule has 9 nitrogen and oxygen atoms in total. The molecule has 2 atom stereocenters. The van der Waals surface area contributed by atoms with Crippen LogP contribution in [-0.2, 0) is 4.79 Å². The van der Waals surface area contributed by atoms with Crippen molar-refractivity contribution in [2.75, 3.05) is 20.1 Å². The third-order valence-electron chi connectivity index (χ3n) is 4.72. The highest BCUT2D eigenvalue weighted by atomic mass is 16.5. The van der Waals surface area contributed by atoms with Gasteiger partial charge in [0.05, 0.1) is 17.4 Å². The molecule has 134 valence electrons. The molecule has 1 fully saturated rings. The van der Waals surface area contributed by atoms with Crippen LogP contribution in [0.2, 0.25) is 0 Å². The van der Waals surface area contributed by atoms with Gasteiger partial charge in [0, 0.05) is 25.5 Å². The number of amides is 2. The van der Waals surface area contributed by atoms with Crippen molar-refractivity contribution in [1.82, 2.24) is 30.6 Å². The van der Waals surface area contributed by atoms with Crippen LogP contribution >= 0.6 is 0 Å².